The Balaban J connectivity index is 1.65. The molecular formula is C22H27N3O3. The first-order valence-corrected chi connectivity index (χ1v) is 9.48. The smallest absolute Gasteiger partial charge is 0.251 e. The van der Waals surface area contributed by atoms with Gasteiger partial charge in [-0.15, -0.1) is 0 Å². The van der Waals surface area contributed by atoms with E-state index in [0.717, 1.165) is 30.0 Å². The lowest BCUT2D eigenvalue weighted by Gasteiger charge is -2.25. The minimum atomic E-state index is -0.131. The largest absolute Gasteiger partial charge is 0.497 e. The number of nitrogens with one attached hydrogen (secondary N) is 1. The zero-order valence-electron chi connectivity index (χ0n) is 16.6. The number of hydrogen-bond acceptors (Lipinski definition) is 4. The second kappa shape index (κ2) is 8.89. The first-order valence-electron chi connectivity index (χ1n) is 9.48. The number of benzene rings is 2. The molecule has 1 fully saturated rings. The molecule has 1 atom stereocenters. The van der Waals surface area contributed by atoms with Gasteiger partial charge in [0.05, 0.1) is 13.2 Å². The lowest BCUT2D eigenvalue weighted by Crippen LogP contribution is -2.34. The summed E-state index contributed by atoms with van der Waals surface area (Å²) in [6.07, 6.45) is 1.48. The number of carbonyl (C=O) groups excluding carboxylic acids is 2. The van der Waals surface area contributed by atoms with Crippen LogP contribution in [0.5, 0.6) is 5.75 Å². The Morgan fingerprint density at radius 2 is 1.96 bits per heavy atom. The Labute approximate surface area is 166 Å². The summed E-state index contributed by atoms with van der Waals surface area (Å²) in [7, 11) is 5.61. The van der Waals surface area contributed by atoms with E-state index in [9.17, 15) is 9.59 Å². The molecule has 148 valence electrons. The second-order valence-corrected chi connectivity index (χ2v) is 7.16. The topological polar surface area (TPSA) is 61.9 Å². The van der Waals surface area contributed by atoms with Gasteiger partial charge in [0, 0.05) is 30.8 Å². The molecule has 0 aliphatic carbocycles. The van der Waals surface area contributed by atoms with E-state index in [-0.39, 0.29) is 17.9 Å². The van der Waals surface area contributed by atoms with Crippen molar-refractivity contribution in [2.24, 2.45) is 0 Å². The Morgan fingerprint density at radius 1 is 1.21 bits per heavy atom. The molecule has 6 nitrogen and oxygen atoms in total. The maximum absolute atomic E-state index is 12.6. The van der Waals surface area contributed by atoms with Crippen LogP contribution in [-0.2, 0) is 4.79 Å². The molecule has 2 aromatic rings. The van der Waals surface area contributed by atoms with E-state index in [1.54, 1.807) is 24.1 Å². The molecule has 0 bridgehead atoms. The van der Waals surface area contributed by atoms with Crippen molar-refractivity contribution in [2.75, 3.05) is 39.2 Å². The van der Waals surface area contributed by atoms with Crippen LogP contribution in [0.15, 0.2) is 48.5 Å². The molecule has 1 heterocycles. The van der Waals surface area contributed by atoms with Crippen LogP contribution < -0.4 is 15.0 Å². The Morgan fingerprint density at radius 3 is 2.57 bits per heavy atom. The minimum absolute atomic E-state index is 0.0283. The summed E-state index contributed by atoms with van der Waals surface area (Å²) in [4.78, 5) is 28.3. The van der Waals surface area contributed by atoms with Crippen LogP contribution in [0.3, 0.4) is 0 Å². The minimum Gasteiger partial charge on any atom is -0.497 e. The standard InChI is InChI=1S/C22H27N3O3/c1-24(2)20(17-6-4-7-19(14-17)28-3)15-23-22(27)16-9-11-18(12-10-16)25-13-5-8-21(25)26/h4,6-7,9-12,14,20H,5,8,13,15H2,1-3H3,(H,23,27). The van der Waals surface area contributed by atoms with Crippen LogP contribution in [0.1, 0.15) is 34.8 Å². The van der Waals surface area contributed by atoms with Gasteiger partial charge in [-0.3, -0.25) is 9.59 Å². The number of carbonyl (C=O) groups is 2. The van der Waals surface area contributed by atoms with Crippen molar-refractivity contribution in [2.45, 2.75) is 18.9 Å². The Hall–Kier alpha value is -2.86. The molecular weight excluding hydrogens is 354 g/mol. The van der Waals surface area contributed by atoms with Crippen LogP contribution in [0, 0.1) is 0 Å². The van der Waals surface area contributed by atoms with E-state index < -0.39 is 0 Å². The van der Waals surface area contributed by atoms with E-state index in [1.807, 2.05) is 50.5 Å². The average Bonchev–Trinajstić information content (AvgIpc) is 3.14. The number of nitrogens with zero attached hydrogens (tertiary/aromatic N) is 2. The van der Waals surface area contributed by atoms with Crippen LogP contribution >= 0.6 is 0 Å². The third kappa shape index (κ3) is 4.51. The van der Waals surface area contributed by atoms with Gasteiger partial charge in [0.2, 0.25) is 5.91 Å². The first kappa shape index (κ1) is 19.9. The van der Waals surface area contributed by atoms with Gasteiger partial charge >= 0.3 is 0 Å². The number of ether oxygens (including phenoxy) is 1. The second-order valence-electron chi connectivity index (χ2n) is 7.16. The molecule has 3 rings (SSSR count). The molecule has 0 aromatic heterocycles. The summed E-state index contributed by atoms with van der Waals surface area (Å²) in [5.74, 6) is 0.807. The van der Waals surface area contributed by atoms with E-state index in [4.69, 9.17) is 4.74 Å². The molecule has 1 saturated heterocycles. The Bertz CT molecular complexity index is 833. The third-order valence-electron chi connectivity index (χ3n) is 5.07. The molecule has 2 aromatic carbocycles. The summed E-state index contributed by atoms with van der Waals surface area (Å²) >= 11 is 0. The maximum Gasteiger partial charge on any atom is 0.251 e. The quantitative estimate of drug-likeness (QED) is 0.801. The predicted octanol–water partition coefficient (Wildman–Crippen LogP) is 2.85. The van der Waals surface area contributed by atoms with Gasteiger partial charge in [0.1, 0.15) is 5.75 Å². The third-order valence-corrected chi connectivity index (χ3v) is 5.07. The highest BCUT2D eigenvalue weighted by Crippen LogP contribution is 2.23. The molecule has 28 heavy (non-hydrogen) atoms. The van der Waals surface area contributed by atoms with Crippen molar-refractivity contribution in [1.82, 2.24) is 10.2 Å². The number of hydrogen-bond donors (Lipinski definition) is 1. The fourth-order valence-electron chi connectivity index (χ4n) is 3.45. The highest BCUT2D eigenvalue weighted by molar-refractivity contribution is 5.97. The monoisotopic (exact) mass is 381 g/mol. The fraction of sp³-hybridized carbons (Fsp3) is 0.364. The molecule has 0 saturated carbocycles. The lowest BCUT2D eigenvalue weighted by atomic mass is 10.1. The highest BCUT2D eigenvalue weighted by atomic mass is 16.5. The van der Waals surface area contributed by atoms with Gasteiger partial charge in [-0.2, -0.15) is 0 Å². The van der Waals surface area contributed by atoms with Gasteiger partial charge in [-0.05, 0) is 62.5 Å². The number of likely N-dealkylation sites (N-methyl/N-ethyl adjacent to an activating group) is 1. The molecule has 0 radical (unpaired) electrons. The maximum atomic E-state index is 12.6. The molecule has 2 amide bonds. The van der Waals surface area contributed by atoms with Crippen molar-refractivity contribution in [1.29, 1.82) is 0 Å². The van der Waals surface area contributed by atoms with Crippen LogP contribution in [0.4, 0.5) is 5.69 Å². The van der Waals surface area contributed by atoms with E-state index in [2.05, 4.69) is 10.2 Å². The molecule has 0 spiro atoms. The highest BCUT2D eigenvalue weighted by Gasteiger charge is 2.22. The molecule has 1 aliphatic heterocycles. The van der Waals surface area contributed by atoms with E-state index in [0.29, 0.717) is 18.5 Å². The van der Waals surface area contributed by atoms with Crippen LogP contribution in [-0.4, -0.2) is 51.0 Å². The van der Waals surface area contributed by atoms with Crippen LogP contribution in [0.2, 0.25) is 0 Å². The number of methoxy groups -OCH3 is 1. The first-order chi connectivity index (χ1) is 13.5. The van der Waals surface area contributed by atoms with Crippen molar-refractivity contribution in [3.8, 4) is 5.75 Å². The fourth-order valence-corrected chi connectivity index (χ4v) is 3.45. The van der Waals surface area contributed by atoms with Gasteiger partial charge in [-0.25, -0.2) is 0 Å². The SMILES string of the molecule is COc1cccc(C(CNC(=O)c2ccc(N3CCCC3=O)cc2)N(C)C)c1. The van der Waals surface area contributed by atoms with Gasteiger partial charge < -0.3 is 19.9 Å². The average molecular weight is 381 g/mol. The van der Waals surface area contributed by atoms with Gasteiger partial charge in [-0.1, -0.05) is 12.1 Å². The molecule has 6 heteroatoms. The van der Waals surface area contributed by atoms with Crippen molar-refractivity contribution >= 4 is 17.5 Å². The van der Waals surface area contributed by atoms with Crippen molar-refractivity contribution < 1.29 is 14.3 Å². The summed E-state index contributed by atoms with van der Waals surface area (Å²) in [5.41, 5.74) is 2.51. The van der Waals surface area contributed by atoms with E-state index in [1.165, 1.54) is 0 Å². The van der Waals surface area contributed by atoms with Crippen molar-refractivity contribution in [3.63, 3.8) is 0 Å². The summed E-state index contributed by atoms with van der Waals surface area (Å²) in [5, 5.41) is 3.01. The normalized spacial score (nSPS) is 15.0. The summed E-state index contributed by atoms with van der Waals surface area (Å²) < 4.78 is 5.31. The predicted molar refractivity (Wildman–Crippen MR) is 110 cm³/mol. The molecule has 1 N–H and O–H groups in total. The number of anilines is 1. The summed E-state index contributed by atoms with van der Waals surface area (Å²) in [6, 6.07) is 15.1. The molecule has 1 unspecified atom stereocenters. The van der Waals surface area contributed by atoms with Crippen LogP contribution in [0.25, 0.3) is 0 Å². The zero-order chi connectivity index (χ0) is 20.1. The zero-order valence-corrected chi connectivity index (χ0v) is 16.6. The van der Waals surface area contributed by atoms with Gasteiger partial charge in [0.25, 0.3) is 5.91 Å². The number of amides is 2. The van der Waals surface area contributed by atoms with Gasteiger partial charge in [0.15, 0.2) is 0 Å². The molecule has 1 aliphatic rings. The summed E-state index contributed by atoms with van der Waals surface area (Å²) in [6.45, 7) is 1.22. The lowest BCUT2D eigenvalue weighted by molar-refractivity contribution is -0.117. The Kier molecular flexibility index (Phi) is 6.31. The van der Waals surface area contributed by atoms with E-state index >= 15 is 0 Å². The number of rotatable bonds is 7. The van der Waals surface area contributed by atoms with Crippen molar-refractivity contribution in [3.05, 3.63) is 59.7 Å².